The number of nitrogens with zero attached hydrogens (tertiary/aromatic N) is 1. The van der Waals surface area contributed by atoms with Crippen molar-refractivity contribution < 1.29 is 17.9 Å². The third-order valence-electron chi connectivity index (χ3n) is 4.50. The maximum atomic E-state index is 12.6. The molecule has 1 aliphatic carbocycles. The van der Waals surface area contributed by atoms with Gasteiger partial charge in [-0.05, 0) is 37.0 Å². The first-order chi connectivity index (χ1) is 12.9. The van der Waals surface area contributed by atoms with Crippen LogP contribution in [0.15, 0.2) is 53.4 Å². The maximum Gasteiger partial charge on any atom is 0.321 e. The lowest BCUT2D eigenvalue weighted by Crippen LogP contribution is -2.37. The minimum atomic E-state index is -3.44. The summed E-state index contributed by atoms with van der Waals surface area (Å²) in [6.07, 6.45) is 3.55. The highest BCUT2D eigenvalue weighted by atomic mass is 32.2. The zero-order chi connectivity index (χ0) is 19.4. The zero-order valence-corrected chi connectivity index (χ0v) is 16.3. The van der Waals surface area contributed by atoms with E-state index in [1.165, 1.54) is 23.8 Å². The largest absolute Gasteiger partial charge is 0.493 e. The van der Waals surface area contributed by atoms with Crippen molar-refractivity contribution in [2.75, 3.05) is 24.8 Å². The van der Waals surface area contributed by atoms with Gasteiger partial charge in [-0.2, -0.15) is 0 Å². The predicted molar refractivity (Wildman–Crippen MR) is 105 cm³/mol. The fourth-order valence-electron chi connectivity index (χ4n) is 2.73. The number of carbonyl (C=O) groups excluding carboxylic acids is 1. The van der Waals surface area contributed by atoms with Crippen LogP contribution in [-0.2, 0) is 16.4 Å². The highest BCUT2D eigenvalue weighted by Crippen LogP contribution is 2.30. The Hall–Kier alpha value is -2.54. The van der Waals surface area contributed by atoms with E-state index in [9.17, 15) is 13.2 Å². The average Bonchev–Trinajstić information content (AvgIpc) is 3.48. The average molecular weight is 388 g/mol. The summed E-state index contributed by atoms with van der Waals surface area (Å²) in [6.45, 7) is 0.998. The monoisotopic (exact) mass is 388 g/mol. The van der Waals surface area contributed by atoms with Gasteiger partial charge in [-0.15, -0.1) is 0 Å². The third-order valence-corrected chi connectivity index (χ3v) is 5.65. The fraction of sp³-hybridized carbons (Fsp3) is 0.350. The number of para-hydroxylation sites is 2. The first-order valence-electron chi connectivity index (χ1n) is 8.87. The molecule has 0 unspecified atom stereocenters. The van der Waals surface area contributed by atoms with E-state index in [4.69, 9.17) is 4.74 Å². The molecular formula is C20H24N2O4S. The lowest BCUT2D eigenvalue weighted by molar-refractivity contribution is 0.246. The first kappa shape index (κ1) is 19.2. The molecule has 1 N–H and O–H groups in total. The van der Waals surface area contributed by atoms with Crippen molar-refractivity contribution in [3.63, 3.8) is 0 Å². The molecule has 0 saturated heterocycles. The SMILES string of the molecule is CN(C(=O)NCc1ccccc1OCC1CC1)c1ccccc1S(C)(=O)=O. The molecule has 1 aliphatic rings. The minimum Gasteiger partial charge on any atom is -0.493 e. The summed E-state index contributed by atoms with van der Waals surface area (Å²) in [6, 6.07) is 13.7. The van der Waals surface area contributed by atoms with Gasteiger partial charge in [0.05, 0.1) is 17.2 Å². The van der Waals surface area contributed by atoms with Crippen molar-refractivity contribution in [1.82, 2.24) is 5.32 Å². The number of hydrogen-bond acceptors (Lipinski definition) is 4. The van der Waals surface area contributed by atoms with Crippen LogP contribution < -0.4 is 15.0 Å². The molecule has 0 heterocycles. The predicted octanol–water partition coefficient (Wildman–Crippen LogP) is 3.22. The number of anilines is 1. The van der Waals surface area contributed by atoms with Gasteiger partial charge in [0.2, 0.25) is 0 Å². The molecule has 0 aromatic heterocycles. The van der Waals surface area contributed by atoms with Gasteiger partial charge in [-0.1, -0.05) is 30.3 Å². The van der Waals surface area contributed by atoms with Crippen molar-refractivity contribution in [3.05, 3.63) is 54.1 Å². The van der Waals surface area contributed by atoms with Gasteiger partial charge in [0.1, 0.15) is 5.75 Å². The van der Waals surface area contributed by atoms with Crippen LogP contribution in [0.3, 0.4) is 0 Å². The Labute approximate surface area is 160 Å². The molecule has 0 bridgehead atoms. The van der Waals surface area contributed by atoms with Gasteiger partial charge in [0.25, 0.3) is 0 Å². The van der Waals surface area contributed by atoms with Crippen molar-refractivity contribution in [3.8, 4) is 5.75 Å². The van der Waals surface area contributed by atoms with Crippen molar-refractivity contribution >= 4 is 21.6 Å². The molecule has 0 aliphatic heterocycles. The van der Waals surface area contributed by atoms with E-state index < -0.39 is 9.84 Å². The lowest BCUT2D eigenvalue weighted by atomic mass is 10.2. The van der Waals surface area contributed by atoms with Gasteiger partial charge in [-0.3, -0.25) is 4.90 Å². The molecule has 0 spiro atoms. The molecule has 7 heteroatoms. The van der Waals surface area contributed by atoms with Crippen LogP contribution in [0.2, 0.25) is 0 Å². The molecule has 0 atom stereocenters. The van der Waals surface area contributed by atoms with Crippen LogP contribution >= 0.6 is 0 Å². The Morgan fingerprint density at radius 1 is 1.15 bits per heavy atom. The second-order valence-corrected chi connectivity index (χ2v) is 8.80. The van der Waals surface area contributed by atoms with E-state index in [0.29, 0.717) is 24.8 Å². The summed E-state index contributed by atoms with van der Waals surface area (Å²) in [7, 11) is -1.89. The molecule has 3 rings (SSSR count). The molecule has 0 radical (unpaired) electrons. The molecule has 1 saturated carbocycles. The maximum absolute atomic E-state index is 12.6. The third kappa shape index (κ3) is 5.01. The topological polar surface area (TPSA) is 75.7 Å². The standard InChI is InChI=1S/C20H24N2O4S/c1-22(17-8-4-6-10-19(17)27(2,24)25)20(23)21-13-16-7-3-5-9-18(16)26-14-15-11-12-15/h3-10,15H,11-14H2,1-2H3,(H,21,23). The Morgan fingerprint density at radius 2 is 1.81 bits per heavy atom. The van der Waals surface area contributed by atoms with Crippen molar-refractivity contribution in [2.24, 2.45) is 5.92 Å². The van der Waals surface area contributed by atoms with Gasteiger partial charge in [-0.25, -0.2) is 13.2 Å². The van der Waals surface area contributed by atoms with E-state index in [0.717, 1.165) is 17.6 Å². The van der Waals surface area contributed by atoms with E-state index in [1.54, 1.807) is 25.2 Å². The highest BCUT2D eigenvalue weighted by molar-refractivity contribution is 7.90. The molecule has 1 fully saturated rings. The number of hydrogen-bond donors (Lipinski definition) is 1. The number of ether oxygens (including phenoxy) is 1. The molecule has 144 valence electrons. The lowest BCUT2D eigenvalue weighted by Gasteiger charge is -2.21. The number of urea groups is 1. The Bertz CT molecular complexity index is 923. The van der Waals surface area contributed by atoms with Crippen LogP contribution in [0.1, 0.15) is 18.4 Å². The van der Waals surface area contributed by atoms with Gasteiger partial charge < -0.3 is 10.1 Å². The minimum absolute atomic E-state index is 0.121. The quantitative estimate of drug-likeness (QED) is 0.790. The van der Waals surface area contributed by atoms with Crippen LogP contribution in [0.25, 0.3) is 0 Å². The van der Waals surface area contributed by atoms with Crippen LogP contribution in [-0.4, -0.2) is 34.4 Å². The smallest absolute Gasteiger partial charge is 0.321 e. The normalized spacial score (nSPS) is 13.9. The second kappa shape index (κ2) is 8.00. The van der Waals surface area contributed by atoms with Crippen LogP contribution in [0.5, 0.6) is 5.75 Å². The highest BCUT2D eigenvalue weighted by Gasteiger charge is 2.23. The Balaban J connectivity index is 1.68. The van der Waals surface area contributed by atoms with Gasteiger partial charge in [0, 0.05) is 25.4 Å². The Kier molecular flexibility index (Phi) is 5.70. The molecule has 2 aromatic carbocycles. The Morgan fingerprint density at radius 3 is 2.52 bits per heavy atom. The molecule has 2 amide bonds. The second-order valence-electron chi connectivity index (χ2n) is 6.82. The summed E-state index contributed by atoms with van der Waals surface area (Å²) >= 11 is 0. The summed E-state index contributed by atoms with van der Waals surface area (Å²) in [5.41, 5.74) is 1.23. The molecule has 27 heavy (non-hydrogen) atoms. The summed E-state index contributed by atoms with van der Waals surface area (Å²) in [5, 5.41) is 2.83. The van der Waals surface area contributed by atoms with Crippen LogP contribution in [0, 0.1) is 5.92 Å². The van der Waals surface area contributed by atoms with E-state index in [1.807, 2.05) is 24.3 Å². The van der Waals surface area contributed by atoms with E-state index in [-0.39, 0.29) is 10.9 Å². The molecule has 6 nitrogen and oxygen atoms in total. The number of rotatable bonds is 7. The molecular weight excluding hydrogens is 364 g/mol. The fourth-order valence-corrected chi connectivity index (χ4v) is 3.64. The van der Waals surface area contributed by atoms with E-state index >= 15 is 0 Å². The first-order valence-corrected chi connectivity index (χ1v) is 10.8. The van der Waals surface area contributed by atoms with E-state index in [2.05, 4.69) is 5.32 Å². The number of amides is 2. The van der Waals surface area contributed by atoms with Gasteiger partial charge in [0.15, 0.2) is 9.84 Å². The summed E-state index contributed by atoms with van der Waals surface area (Å²) in [4.78, 5) is 14.0. The summed E-state index contributed by atoms with van der Waals surface area (Å²) in [5.74, 6) is 1.41. The number of benzene rings is 2. The molecule has 2 aromatic rings. The summed E-state index contributed by atoms with van der Waals surface area (Å²) < 4.78 is 29.8. The van der Waals surface area contributed by atoms with Crippen LogP contribution in [0.4, 0.5) is 10.5 Å². The zero-order valence-electron chi connectivity index (χ0n) is 15.5. The number of carbonyl (C=O) groups is 1. The van der Waals surface area contributed by atoms with Gasteiger partial charge >= 0.3 is 6.03 Å². The number of nitrogens with one attached hydrogen (secondary N) is 1. The number of sulfone groups is 1. The van der Waals surface area contributed by atoms with Crippen molar-refractivity contribution in [1.29, 1.82) is 0 Å². The van der Waals surface area contributed by atoms with Crippen molar-refractivity contribution in [2.45, 2.75) is 24.3 Å².